The summed E-state index contributed by atoms with van der Waals surface area (Å²) in [5, 5.41) is 9.81. The van der Waals surface area contributed by atoms with Crippen LogP contribution in [0.1, 0.15) is 70.6 Å². The van der Waals surface area contributed by atoms with Gasteiger partial charge in [0.1, 0.15) is 0 Å². The SMILES string of the molecule is CC(C)(C)Cc1ccc2c(c1)C(C(C)(C)C)C(CO)CC2. The first-order chi connectivity index (χ1) is 9.62. The van der Waals surface area contributed by atoms with E-state index in [1.807, 2.05) is 0 Å². The summed E-state index contributed by atoms with van der Waals surface area (Å²) in [5.74, 6) is 0.869. The summed E-state index contributed by atoms with van der Waals surface area (Å²) in [7, 11) is 0. The van der Waals surface area contributed by atoms with Gasteiger partial charge in [0.05, 0.1) is 0 Å². The Morgan fingerprint density at radius 2 is 1.76 bits per heavy atom. The minimum Gasteiger partial charge on any atom is -0.396 e. The topological polar surface area (TPSA) is 20.2 Å². The van der Waals surface area contributed by atoms with Crippen molar-refractivity contribution in [1.82, 2.24) is 0 Å². The Bertz CT molecular complexity index is 488. The number of fused-ring (bicyclic) bond motifs is 1. The monoisotopic (exact) mass is 288 g/mol. The zero-order valence-corrected chi connectivity index (χ0v) is 14.7. The Morgan fingerprint density at radius 3 is 2.29 bits per heavy atom. The fourth-order valence-corrected chi connectivity index (χ4v) is 4.02. The van der Waals surface area contributed by atoms with E-state index in [4.69, 9.17) is 0 Å². The lowest BCUT2D eigenvalue weighted by atomic mass is 9.64. The van der Waals surface area contributed by atoms with Crippen molar-refractivity contribution in [2.45, 2.75) is 66.7 Å². The second-order valence-corrected chi connectivity index (χ2v) is 9.10. The number of hydrogen-bond donors (Lipinski definition) is 1. The van der Waals surface area contributed by atoms with Crippen LogP contribution < -0.4 is 0 Å². The number of aliphatic hydroxyl groups is 1. The first-order valence-corrected chi connectivity index (χ1v) is 8.34. The Hall–Kier alpha value is -0.820. The first-order valence-electron chi connectivity index (χ1n) is 8.34. The van der Waals surface area contributed by atoms with Crippen molar-refractivity contribution in [1.29, 1.82) is 0 Å². The van der Waals surface area contributed by atoms with E-state index in [-0.39, 0.29) is 5.41 Å². The predicted molar refractivity (Wildman–Crippen MR) is 90.7 cm³/mol. The average Bonchev–Trinajstić information content (AvgIpc) is 2.33. The summed E-state index contributed by atoms with van der Waals surface area (Å²) in [4.78, 5) is 0. The van der Waals surface area contributed by atoms with Crippen molar-refractivity contribution in [3.8, 4) is 0 Å². The lowest BCUT2D eigenvalue weighted by Gasteiger charge is -2.41. The van der Waals surface area contributed by atoms with Crippen LogP contribution in [0.2, 0.25) is 0 Å². The smallest absolute Gasteiger partial charge is 0.0465 e. The Morgan fingerprint density at radius 1 is 1.10 bits per heavy atom. The maximum atomic E-state index is 9.81. The van der Waals surface area contributed by atoms with Gasteiger partial charge in [0.2, 0.25) is 0 Å². The molecule has 2 rings (SSSR count). The molecule has 0 bridgehead atoms. The number of benzene rings is 1. The Balaban J connectivity index is 2.43. The quantitative estimate of drug-likeness (QED) is 0.815. The number of aliphatic hydroxyl groups excluding tert-OH is 1. The van der Waals surface area contributed by atoms with Crippen molar-refractivity contribution >= 4 is 0 Å². The van der Waals surface area contributed by atoms with Crippen LogP contribution in [-0.4, -0.2) is 11.7 Å². The third-order valence-electron chi connectivity index (χ3n) is 4.70. The highest BCUT2D eigenvalue weighted by atomic mass is 16.3. The number of aryl methyl sites for hydroxylation is 1. The molecular weight excluding hydrogens is 256 g/mol. The molecule has 118 valence electrons. The van der Waals surface area contributed by atoms with Crippen molar-refractivity contribution in [2.75, 3.05) is 6.61 Å². The summed E-state index contributed by atoms with van der Waals surface area (Å²) < 4.78 is 0. The Kier molecular flexibility index (Phi) is 4.54. The van der Waals surface area contributed by atoms with Crippen molar-refractivity contribution in [3.63, 3.8) is 0 Å². The van der Waals surface area contributed by atoms with Crippen LogP contribution in [0.5, 0.6) is 0 Å². The molecule has 0 saturated heterocycles. The zero-order valence-electron chi connectivity index (χ0n) is 14.7. The van der Waals surface area contributed by atoms with E-state index in [1.165, 1.54) is 16.7 Å². The van der Waals surface area contributed by atoms with Crippen molar-refractivity contribution < 1.29 is 5.11 Å². The van der Waals surface area contributed by atoms with E-state index in [9.17, 15) is 5.11 Å². The van der Waals surface area contributed by atoms with Crippen LogP contribution in [-0.2, 0) is 12.8 Å². The second kappa shape index (κ2) is 5.76. The minimum atomic E-state index is 0.197. The summed E-state index contributed by atoms with van der Waals surface area (Å²) in [5.41, 5.74) is 4.94. The van der Waals surface area contributed by atoms with Gasteiger partial charge >= 0.3 is 0 Å². The molecule has 1 aliphatic carbocycles. The van der Waals surface area contributed by atoms with Crippen molar-refractivity contribution in [2.24, 2.45) is 16.7 Å². The molecule has 2 unspecified atom stereocenters. The molecule has 1 aliphatic rings. The molecule has 1 heteroatoms. The van der Waals surface area contributed by atoms with Gasteiger partial charge in [-0.2, -0.15) is 0 Å². The molecule has 0 aliphatic heterocycles. The maximum absolute atomic E-state index is 9.81. The van der Waals surface area contributed by atoms with E-state index in [0.29, 0.717) is 23.9 Å². The summed E-state index contributed by atoms with van der Waals surface area (Å²) in [6.07, 6.45) is 3.34. The van der Waals surface area contributed by atoms with Crippen LogP contribution >= 0.6 is 0 Å². The fraction of sp³-hybridized carbons (Fsp3) is 0.700. The van der Waals surface area contributed by atoms with Crippen LogP contribution in [0.3, 0.4) is 0 Å². The van der Waals surface area contributed by atoms with E-state index < -0.39 is 0 Å². The van der Waals surface area contributed by atoms with Gasteiger partial charge in [-0.15, -0.1) is 0 Å². The summed E-state index contributed by atoms with van der Waals surface area (Å²) in [6, 6.07) is 7.07. The zero-order chi connectivity index (χ0) is 15.8. The van der Waals surface area contributed by atoms with Gasteiger partial charge in [-0.25, -0.2) is 0 Å². The second-order valence-electron chi connectivity index (χ2n) is 9.10. The average molecular weight is 288 g/mol. The highest BCUT2D eigenvalue weighted by Gasteiger charge is 2.37. The largest absolute Gasteiger partial charge is 0.396 e. The molecule has 0 radical (unpaired) electrons. The molecule has 2 atom stereocenters. The number of hydrogen-bond acceptors (Lipinski definition) is 1. The predicted octanol–water partition coefficient (Wildman–Crippen LogP) is 4.96. The van der Waals surface area contributed by atoms with Gasteiger partial charge in [0.15, 0.2) is 0 Å². The molecule has 0 fully saturated rings. The first kappa shape index (κ1) is 16.5. The third kappa shape index (κ3) is 3.88. The molecule has 0 heterocycles. The molecule has 1 nitrogen and oxygen atoms in total. The van der Waals surface area contributed by atoms with Crippen LogP contribution in [0, 0.1) is 16.7 Å². The van der Waals surface area contributed by atoms with Crippen LogP contribution in [0.15, 0.2) is 18.2 Å². The van der Waals surface area contributed by atoms with Crippen molar-refractivity contribution in [3.05, 3.63) is 34.9 Å². The Labute approximate surface area is 130 Å². The van der Waals surface area contributed by atoms with Gasteiger partial charge in [0, 0.05) is 6.61 Å². The highest BCUT2D eigenvalue weighted by Crippen LogP contribution is 2.47. The molecule has 0 spiro atoms. The molecule has 1 aromatic carbocycles. The normalized spacial score (nSPS) is 23.0. The standard InChI is InChI=1S/C20H32O/c1-19(2,3)12-14-7-8-15-9-10-16(13-21)18(17(15)11-14)20(4,5)6/h7-8,11,16,18,21H,9-10,12-13H2,1-6H3. The summed E-state index contributed by atoms with van der Waals surface area (Å²) in [6.45, 7) is 14.1. The molecule has 1 aromatic rings. The lowest BCUT2D eigenvalue weighted by molar-refractivity contribution is 0.133. The molecule has 0 aromatic heterocycles. The molecule has 21 heavy (non-hydrogen) atoms. The van der Waals surface area contributed by atoms with Crippen LogP contribution in [0.4, 0.5) is 0 Å². The maximum Gasteiger partial charge on any atom is 0.0465 e. The summed E-state index contributed by atoms with van der Waals surface area (Å²) >= 11 is 0. The van der Waals surface area contributed by atoms with Gasteiger partial charge in [0.25, 0.3) is 0 Å². The van der Waals surface area contributed by atoms with Crippen LogP contribution in [0.25, 0.3) is 0 Å². The fourth-order valence-electron chi connectivity index (χ4n) is 4.02. The lowest BCUT2D eigenvalue weighted by Crippen LogP contribution is -2.33. The van der Waals surface area contributed by atoms with E-state index in [1.54, 1.807) is 0 Å². The highest BCUT2D eigenvalue weighted by molar-refractivity contribution is 5.38. The van der Waals surface area contributed by atoms with Gasteiger partial charge in [-0.1, -0.05) is 59.7 Å². The number of rotatable bonds is 2. The van der Waals surface area contributed by atoms with E-state index in [0.717, 1.165) is 19.3 Å². The van der Waals surface area contributed by atoms with Gasteiger partial charge in [-0.3, -0.25) is 0 Å². The van der Waals surface area contributed by atoms with Gasteiger partial charge in [-0.05, 0) is 58.6 Å². The molecule has 1 N–H and O–H groups in total. The van der Waals surface area contributed by atoms with E-state index in [2.05, 4.69) is 59.7 Å². The molecule has 0 amide bonds. The van der Waals surface area contributed by atoms with E-state index >= 15 is 0 Å². The minimum absolute atomic E-state index is 0.197. The third-order valence-corrected chi connectivity index (χ3v) is 4.70. The molecular formula is C20H32O. The molecule has 0 saturated carbocycles. The van der Waals surface area contributed by atoms with Gasteiger partial charge < -0.3 is 5.11 Å².